The van der Waals surface area contributed by atoms with Gasteiger partial charge < -0.3 is 5.73 Å². The Morgan fingerprint density at radius 2 is 2.13 bits per heavy atom. The first-order valence-electron chi connectivity index (χ1n) is 7.04. The van der Waals surface area contributed by atoms with Crippen LogP contribution < -0.4 is 5.73 Å². The molecule has 0 spiro atoms. The fourth-order valence-electron chi connectivity index (χ4n) is 2.67. The topological polar surface area (TPSA) is 130 Å². The third kappa shape index (κ3) is 3.06. The summed E-state index contributed by atoms with van der Waals surface area (Å²) in [5.74, 6) is 0. The summed E-state index contributed by atoms with van der Waals surface area (Å²) in [7, 11) is -4.00. The first-order chi connectivity index (χ1) is 10.6. The van der Waals surface area contributed by atoms with Gasteiger partial charge >= 0.3 is 0 Å². The standard InChI is InChI=1S/C14H18N4O4S/c1-14(2)9-17(7-6-13(14)16)23(21,22)12-5-3-4-11(18(19)20)10(12)8-15/h3-5,13H,6-7,9,16H2,1-2H3. The summed E-state index contributed by atoms with van der Waals surface area (Å²) in [6, 6.07) is 5.13. The zero-order valence-electron chi connectivity index (χ0n) is 12.9. The molecule has 1 fully saturated rings. The molecule has 0 saturated carbocycles. The number of nitrogens with two attached hydrogens (primary N) is 1. The second-order valence-corrected chi connectivity index (χ2v) is 8.15. The predicted octanol–water partition coefficient (Wildman–Crippen LogP) is 1.21. The Bertz CT molecular complexity index is 782. The highest BCUT2D eigenvalue weighted by atomic mass is 32.2. The Hall–Kier alpha value is -2.02. The number of rotatable bonds is 3. The van der Waals surface area contributed by atoms with Crippen LogP contribution in [-0.4, -0.2) is 36.8 Å². The van der Waals surface area contributed by atoms with Crippen molar-refractivity contribution in [1.82, 2.24) is 4.31 Å². The lowest BCUT2D eigenvalue weighted by atomic mass is 9.81. The number of nitro groups is 1. The molecular weight excluding hydrogens is 320 g/mol. The number of benzene rings is 1. The SMILES string of the molecule is CC1(C)CN(S(=O)(=O)c2cccc([N+](=O)[O-])c2C#N)CCC1N. The van der Waals surface area contributed by atoms with Crippen LogP contribution in [0.4, 0.5) is 5.69 Å². The van der Waals surface area contributed by atoms with E-state index in [2.05, 4.69) is 0 Å². The quantitative estimate of drug-likeness (QED) is 0.651. The van der Waals surface area contributed by atoms with Crippen molar-refractivity contribution in [2.24, 2.45) is 11.1 Å². The minimum atomic E-state index is -4.00. The van der Waals surface area contributed by atoms with E-state index in [4.69, 9.17) is 5.73 Å². The second kappa shape index (κ2) is 5.88. The van der Waals surface area contributed by atoms with Crippen molar-refractivity contribution in [1.29, 1.82) is 5.26 Å². The van der Waals surface area contributed by atoms with Gasteiger partial charge in [0.05, 0.1) is 4.92 Å². The van der Waals surface area contributed by atoms with Crippen molar-refractivity contribution in [2.45, 2.75) is 31.2 Å². The highest BCUT2D eigenvalue weighted by molar-refractivity contribution is 7.89. The fraction of sp³-hybridized carbons (Fsp3) is 0.500. The maximum Gasteiger partial charge on any atom is 0.288 e. The van der Waals surface area contributed by atoms with Crippen molar-refractivity contribution in [3.8, 4) is 6.07 Å². The summed E-state index contributed by atoms with van der Waals surface area (Å²) >= 11 is 0. The largest absolute Gasteiger partial charge is 0.327 e. The van der Waals surface area contributed by atoms with E-state index in [0.717, 1.165) is 6.07 Å². The predicted molar refractivity (Wildman–Crippen MR) is 82.9 cm³/mol. The lowest BCUT2D eigenvalue weighted by Crippen LogP contribution is -2.53. The zero-order chi connectivity index (χ0) is 17.4. The van der Waals surface area contributed by atoms with Crippen molar-refractivity contribution in [3.63, 3.8) is 0 Å². The van der Waals surface area contributed by atoms with Gasteiger partial charge in [0.1, 0.15) is 16.5 Å². The molecule has 0 bridgehead atoms. The van der Waals surface area contributed by atoms with Gasteiger partial charge in [-0.25, -0.2) is 8.42 Å². The molecule has 1 aliphatic heterocycles. The molecular formula is C14H18N4O4S. The van der Waals surface area contributed by atoms with E-state index in [9.17, 15) is 23.8 Å². The van der Waals surface area contributed by atoms with Crippen LogP contribution in [0.1, 0.15) is 25.8 Å². The van der Waals surface area contributed by atoms with Crippen LogP contribution in [-0.2, 0) is 10.0 Å². The monoisotopic (exact) mass is 338 g/mol. The van der Waals surface area contributed by atoms with Crippen molar-refractivity contribution >= 4 is 15.7 Å². The van der Waals surface area contributed by atoms with Gasteiger partial charge in [-0.15, -0.1) is 0 Å². The Labute approximate surface area is 134 Å². The maximum atomic E-state index is 12.8. The minimum Gasteiger partial charge on any atom is -0.327 e. The molecule has 0 aromatic heterocycles. The Balaban J connectivity index is 2.52. The summed E-state index contributed by atoms with van der Waals surface area (Å²) < 4.78 is 26.9. The molecule has 1 aromatic rings. The lowest BCUT2D eigenvalue weighted by molar-refractivity contribution is -0.385. The molecule has 1 unspecified atom stereocenters. The first kappa shape index (κ1) is 17.3. The average molecular weight is 338 g/mol. The first-order valence-corrected chi connectivity index (χ1v) is 8.48. The second-order valence-electron chi connectivity index (χ2n) is 6.24. The number of nitro benzene ring substituents is 1. The zero-order valence-corrected chi connectivity index (χ0v) is 13.7. The fourth-order valence-corrected chi connectivity index (χ4v) is 4.45. The molecule has 0 amide bonds. The van der Waals surface area contributed by atoms with Gasteiger partial charge in [-0.05, 0) is 17.9 Å². The normalized spacial score (nSPS) is 21.6. The van der Waals surface area contributed by atoms with E-state index in [1.54, 1.807) is 6.07 Å². The van der Waals surface area contributed by atoms with Gasteiger partial charge in [-0.3, -0.25) is 10.1 Å². The van der Waals surface area contributed by atoms with Crippen LogP contribution in [0.5, 0.6) is 0 Å². The Morgan fingerprint density at radius 3 is 2.65 bits per heavy atom. The van der Waals surface area contributed by atoms with Gasteiger partial charge in [0, 0.05) is 25.2 Å². The summed E-state index contributed by atoms with van der Waals surface area (Å²) in [5, 5.41) is 20.2. The lowest BCUT2D eigenvalue weighted by Gasteiger charge is -2.41. The van der Waals surface area contributed by atoms with Crippen LogP contribution >= 0.6 is 0 Å². The number of piperidine rings is 1. The van der Waals surface area contributed by atoms with Crippen molar-refractivity contribution in [2.75, 3.05) is 13.1 Å². The molecule has 8 nitrogen and oxygen atoms in total. The molecule has 2 N–H and O–H groups in total. The molecule has 1 heterocycles. The molecule has 0 radical (unpaired) electrons. The molecule has 2 rings (SSSR count). The molecule has 1 aliphatic rings. The van der Waals surface area contributed by atoms with Gasteiger partial charge in [0.25, 0.3) is 5.69 Å². The van der Waals surface area contributed by atoms with Crippen molar-refractivity contribution in [3.05, 3.63) is 33.9 Å². The third-order valence-corrected chi connectivity index (χ3v) is 6.10. The number of sulfonamides is 1. The Morgan fingerprint density at radius 1 is 1.48 bits per heavy atom. The molecule has 9 heteroatoms. The van der Waals surface area contributed by atoms with E-state index in [1.807, 2.05) is 13.8 Å². The minimum absolute atomic E-state index is 0.130. The summed E-state index contributed by atoms with van der Waals surface area (Å²) in [4.78, 5) is 9.92. The number of hydrogen-bond acceptors (Lipinski definition) is 6. The molecule has 1 atom stereocenters. The summed E-state index contributed by atoms with van der Waals surface area (Å²) in [5.41, 5.74) is 4.64. The third-order valence-electron chi connectivity index (χ3n) is 4.21. The summed E-state index contributed by atoms with van der Waals surface area (Å²) in [6.07, 6.45) is 0.489. The van der Waals surface area contributed by atoms with E-state index in [0.29, 0.717) is 6.42 Å². The van der Waals surface area contributed by atoms with E-state index in [1.165, 1.54) is 16.4 Å². The maximum absolute atomic E-state index is 12.8. The highest BCUT2D eigenvalue weighted by Gasteiger charge is 2.40. The number of nitriles is 1. The Kier molecular flexibility index (Phi) is 4.43. The average Bonchev–Trinajstić information content (AvgIpc) is 2.48. The number of nitrogens with zero attached hydrogens (tertiary/aromatic N) is 3. The van der Waals surface area contributed by atoms with E-state index < -0.39 is 31.6 Å². The van der Waals surface area contributed by atoms with Gasteiger partial charge in [-0.2, -0.15) is 9.57 Å². The molecule has 1 saturated heterocycles. The molecule has 0 aliphatic carbocycles. The molecule has 124 valence electrons. The van der Waals surface area contributed by atoms with Crippen LogP contribution in [0.15, 0.2) is 23.1 Å². The van der Waals surface area contributed by atoms with Crippen LogP contribution in [0.2, 0.25) is 0 Å². The van der Waals surface area contributed by atoms with Gasteiger partial charge in [0.15, 0.2) is 0 Å². The molecule has 1 aromatic carbocycles. The number of hydrogen-bond donors (Lipinski definition) is 1. The van der Waals surface area contributed by atoms with E-state index in [-0.39, 0.29) is 24.0 Å². The van der Waals surface area contributed by atoms with Crippen LogP contribution in [0.3, 0.4) is 0 Å². The molecule has 23 heavy (non-hydrogen) atoms. The van der Waals surface area contributed by atoms with Crippen molar-refractivity contribution < 1.29 is 13.3 Å². The van der Waals surface area contributed by atoms with Gasteiger partial charge in [-0.1, -0.05) is 19.9 Å². The van der Waals surface area contributed by atoms with Gasteiger partial charge in [0.2, 0.25) is 10.0 Å². The summed E-state index contributed by atoms with van der Waals surface area (Å²) in [6.45, 7) is 4.17. The van der Waals surface area contributed by atoms with Crippen LogP contribution in [0, 0.1) is 26.9 Å². The highest BCUT2D eigenvalue weighted by Crippen LogP contribution is 2.33. The van der Waals surface area contributed by atoms with Crippen LogP contribution in [0.25, 0.3) is 0 Å². The smallest absolute Gasteiger partial charge is 0.288 e. The van der Waals surface area contributed by atoms with E-state index >= 15 is 0 Å².